The molecule has 0 amide bonds. The van der Waals surface area contributed by atoms with E-state index in [4.69, 9.17) is 4.42 Å². The highest BCUT2D eigenvalue weighted by Crippen LogP contribution is 2.16. The van der Waals surface area contributed by atoms with Gasteiger partial charge in [-0.25, -0.2) is 4.98 Å². The molecule has 0 aliphatic carbocycles. The van der Waals surface area contributed by atoms with Gasteiger partial charge < -0.3 is 9.73 Å². The number of nitrogens with zero attached hydrogens (tertiary/aromatic N) is 1. The molecule has 0 fully saturated rings. The number of rotatable bonds is 4. The van der Waals surface area contributed by atoms with E-state index in [1.807, 2.05) is 6.92 Å². The van der Waals surface area contributed by atoms with E-state index in [1.54, 1.807) is 6.20 Å². The lowest BCUT2D eigenvalue weighted by Gasteiger charge is -2.05. The summed E-state index contributed by atoms with van der Waals surface area (Å²) in [6, 6.07) is 6.34. The Morgan fingerprint density at radius 2 is 2.12 bits per heavy atom. The van der Waals surface area contributed by atoms with Crippen LogP contribution in [-0.2, 0) is 13.1 Å². The van der Waals surface area contributed by atoms with Crippen molar-refractivity contribution in [3.63, 3.8) is 0 Å². The number of aryl methyl sites for hydroxylation is 2. The Morgan fingerprint density at radius 3 is 2.76 bits per heavy atom. The van der Waals surface area contributed by atoms with Gasteiger partial charge in [-0.2, -0.15) is 0 Å². The van der Waals surface area contributed by atoms with E-state index >= 15 is 0 Å². The summed E-state index contributed by atoms with van der Waals surface area (Å²) < 4.78 is 6.53. The van der Waals surface area contributed by atoms with Gasteiger partial charge in [-0.3, -0.25) is 0 Å². The second kappa shape index (κ2) is 5.47. The third-order valence-electron chi connectivity index (χ3n) is 2.50. The largest absolute Gasteiger partial charge is 0.445 e. The Hall–Kier alpha value is -1.13. The van der Waals surface area contributed by atoms with E-state index in [-0.39, 0.29) is 0 Å². The lowest BCUT2D eigenvalue weighted by atomic mass is 10.1. The van der Waals surface area contributed by atoms with Gasteiger partial charge in [-0.1, -0.05) is 28.1 Å². The molecule has 0 aliphatic rings. The van der Waals surface area contributed by atoms with Crippen molar-refractivity contribution in [1.29, 1.82) is 0 Å². The Kier molecular flexibility index (Phi) is 3.97. The van der Waals surface area contributed by atoms with Crippen molar-refractivity contribution in [1.82, 2.24) is 10.3 Å². The Morgan fingerprint density at radius 1 is 1.29 bits per heavy atom. The predicted octanol–water partition coefficient (Wildman–Crippen LogP) is 3.34. The maximum Gasteiger partial charge on any atom is 0.208 e. The molecule has 0 radical (unpaired) electrons. The van der Waals surface area contributed by atoms with Crippen LogP contribution in [0.25, 0.3) is 0 Å². The van der Waals surface area contributed by atoms with Gasteiger partial charge in [0.2, 0.25) is 5.89 Å². The number of benzene rings is 1. The van der Waals surface area contributed by atoms with E-state index < -0.39 is 0 Å². The molecule has 3 nitrogen and oxygen atoms in total. The van der Waals surface area contributed by atoms with Crippen molar-refractivity contribution < 1.29 is 4.42 Å². The van der Waals surface area contributed by atoms with Crippen molar-refractivity contribution in [2.75, 3.05) is 0 Å². The van der Waals surface area contributed by atoms with Crippen molar-refractivity contribution in [3.8, 4) is 0 Å². The fraction of sp³-hybridized carbons (Fsp3) is 0.308. The molecule has 17 heavy (non-hydrogen) atoms. The van der Waals surface area contributed by atoms with E-state index in [0.717, 1.165) is 22.7 Å². The maximum atomic E-state index is 5.38. The van der Waals surface area contributed by atoms with Crippen LogP contribution in [0.1, 0.15) is 22.8 Å². The molecule has 0 saturated heterocycles. The minimum atomic E-state index is 0.656. The molecule has 2 rings (SSSR count). The number of aromatic nitrogens is 1. The SMILES string of the molecule is Cc1cnc(CNCc2ccc(Br)c(C)c2)o1. The number of halogens is 1. The third kappa shape index (κ3) is 3.41. The second-order valence-electron chi connectivity index (χ2n) is 4.05. The van der Waals surface area contributed by atoms with Crippen molar-refractivity contribution in [2.24, 2.45) is 0 Å². The molecule has 0 spiro atoms. The van der Waals surface area contributed by atoms with Gasteiger partial charge in [-0.05, 0) is 31.0 Å². The topological polar surface area (TPSA) is 38.1 Å². The van der Waals surface area contributed by atoms with Gasteiger partial charge in [0.1, 0.15) is 5.76 Å². The first-order valence-corrected chi connectivity index (χ1v) is 6.31. The summed E-state index contributed by atoms with van der Waals surface area (Å²) in [6.07, 6.45) is 1.74. The normalized spacial score (nSPS) is 10.8. The first kappa shape index (κ1) is 12.3. The van der Waals surface area contributed by atoms with E-state index in [1.165, 1.54) is 11.1 Å². The summed E-state index contributed by atoms with van der Waals surface area (Å²) in [5, 5.41) is 3.31. The smallest absolute Gasteiger partial charge is 0.208 e. The highest BCUT2D eigenvalue weighted by molar-refractivity contribution is 9.10. The zero-order chi connectivity index (χ0) is 12.3. The number of hydrogen-bond acceptors (Lipinski definition) is 3. The Bertz CT molecular complexity index is 508. The quantitative estimate of drug-likeness (QED) is 0.940. The van der Waals surface area contributed by atoms with E-state index in [9.17, 15) is 0 Å². The minimum absolute atomic E-state index is 0.656. The lowest BCUT2D eigenvalue weighted by molar-refractivity contribution is 0.449. The van der Waals surface area contributed by atoms with E-state index in [2.05, 4.69) is 51.4 Å². The van der Waals surface area contributed by atoms with Gasteiger partial charge in [0.25, 0.3) is 0 Å². The molecular formula is C13H15BrN2O. The molecule has 90 valence electrons. The molecule has 1 heterocycles. The predicted molar refractivity (Wildman–Crippen MR) is 70.7 cm³/mol. The van der Waals surface area contributed by atoms with Crippen LogP contribution in [0.5, 0.6) is 0 Å². The molecule has 2 aromatic rings. The highest BCUT2D eigenvalue weighted by atomic mass is 79.9. The summed E-state index contributed by atoms with van der Waals surface area (Å²) in [5.74, 6) is 1.58. The zero-order valence-electron chi connectivity index (χ0n) is 9.96. The summed E-state index contributed by atoms with van der Waals surface area (Å²) in [5.41, 5.74) is 2.50. The number of hydrogen-bond donors (Lipinski definition) is 1. The van der Waals surface area contributed by atoms with Crippen molar-refractivity contribution in [3.05, 3.63) is 51.6 Å². The second-order valence-corrected chi connectivity index (χ2v) is 4.91. The molecule has 1 aromatic heterocycles. The summed E-state index contributed by atoms with van der Waals surface area (Å²) in [4.78, 5) is 4.14. The molecular weight excluding hydrogens is 280 g/mol. The van der Waals surface area contributed by atoms with Gasteiger partial charge in [-0.15, -0.1) is 0 Å². The van der Waals surface area contributed by atoms with Gasteiger partial charge in [0.05, 0.1) is 12.7 Å². The van der Waals surface area contributed by atoms with Crippen LogP contribution < -0.4 is 5.32 Å². The van der Waals surface area contributed by atoms with Crippen LogP contribution in [0.4, 0.5) is 0 Å². The molecule has 1 N–H and O–H groups in total. The first-order chi connectivity index (χ1) is 8.15. The monoisotopic (exact) mass is 294 g/mol. The summed E-state index contributed by atoms with van der Waals surface area (Å²) in [7, 11) is 0. The number of oxazole rings is 1. The maximum absolute atomic E-state index is 5.38. The van der Waals surface area contributed by atoms with Gasteiger partial charge in [0, 0.05) is 11.0 Å². The fourth-order valence-electron chi connectivity index (χ4n) is 1.61. The average Bonchev–Trinajstić information content (AvgIpc) is 2.70. The summed E-state index contributed by atoms with van der Waals surface area (Å²) in [6.45, 7) is 5.46. The van der Waals surface area contributed by atoms with Crippen LogP contribution in [0.3, 0.4) is 0 Å². The molecule has 0 saturated carbocycles. The van der Waals surface area contributed by atoms with Gasteiger partial charge >= 0.3 is 0 Å². The fourth-order valence-corrected chi connectivity index (χ4v) is 1.86. The minimum Gasteiger partial charge on any atom is -0.445 e. The van der Waals surface area contributed by atoms with Crippen LogP contribution in [-0.4, -0.2) is 4.98 Å². The van der Waals surface area contributed by atoms with Gasteiger partial charge in [0.15, 0.2) is 0 Å². The molecule has 0 bridgehead atoms. The molecule has 0 atom stereocenters. The van der Waals surface area contributed by atoms with Crippen LogP contribution in [0, 0.1) is 13.8 Å². The highest BCUT2D eigenvalue weighted by Gasteiger charge is 2.01. The Labute approximate surface area is 109 Å². The standard InChI is InChI=1S/C13H15BrN2O/c1-9-5-11(3-4-12(9)14)7-15-8-13-16-6-10(2)17-13/h3-6,15H,7-8H2,1-2H3. The van der Waals surface area contributed by atoms with Crippen LogP contribution in [0.2, 0.25) is 0 Å². The lowest BCUT2D eigenvalue weighted by Crippen LogP contribution is -2.12. The molecule has 4 heteroatoms. The molecule has 1 aromatic carbocycles. The van der Waals surface area contributed by atoms with E-state index in [0.29, 0.717) is 6.54 Å². The molecule has 0 aliphatic heterocycles. The first-order valence-electron chi connectivity index (χ1n) is 5.52. The average molecular weight is 295 g/mol. The summed E-state index contributed by atoms with van der Waals surface area (Å²) >= 11 is 3.49. The van der Waals surface area contributed by atoms with Crippen LogP contribution >= 0.6 is 15.9 Å². The van der Waals surface area contributed by atoms with Crippen molar-refractivity contribution >= 4 is 15.9 Å². The number of nitrogens with one attached hydrogen (secondary N) is 1. The third-order valence-corrected chi connectivity index (χ3v) is 3.39. The Balaban J connectivity index is 1.87. The zero-order valence-corrected chi connectivity index (χ0v) is 11.5. The molecule has 0 unspecified atom stereocenters. The van der Waals surface area contributed by atoms with Crippen LogP contribution in [0.15, 0.2) is 33.3 Å². The van der Waals surface area contributed by atoms with Crippen molar-refractivity contribution in [2.45, 2.75) is 26.9 Å².